The van der Waals surface area contributed by atoms with E-state index < -0.39 is 6.10 Å². The molecule has 1 N–H and O–H groups in total. The number of hydrogen-bond donors (Lipinski definition) is 1. The SMILES string of the molecule is COc1ccc2c3c1O[C@H]1[C@@H](O)C=C[C@H]4[C@@H](C2)[N+](C)(C)CC[C@@]341. The lowest BCUT2D eigenvalue weighted by atomic mass is 9.53. The van der Waals surface area contributed by atoms with Gasteiger partial charge in [-0.1, -0.05) is 18.2 Å². The van der Waals surface area contributed by atoms with Gasteiger partial charge in [0.2, 0.25) is 0 Å². The van der Waals surface area contributed by atoms with Gasteiger partial charge in [-0.2, -0.15) is 0 Å². The second-order valence-corrected chi connectivity index (χ2v) is 8.13. The molecule has 4 heteroatoms. The molecule has 0 amide bonds. The summed E-state index contributed by atoms with van der Waals surface area (Å²) >= 11 is 0. The molecule has 2 aliphatic carbocycles. The highest BCUT2D eigenvalue weighted by Gasteiger charge is 2.67. The van der Waals surface area contributed by atoms with Crippen molar-refractivity contribution in [3.8, 4) is 11.5 Å². The lowest BCUT2D eigenvalue weighted by molar-refractivity contribution is -0.926. The number of aliphatic hydroxyl groups is 1. The summed E-state index contributed by atoms with van der Waals surface area (Å²) in [6.45, 7) is 1.12. The Morgan fingerprint density at radius 1 is 1.30 bits per heavy atom. The van der Waals surface area contributed by atoms with Gasteiger partial charge in [0.1, 0.15) is 18.2 Å². The maximum absolute atomic E-state index is 10.6. The van der Waals surface area contributed by atoms with Crippen molar-refractivity contribution in [3.63, 3.8) is 0 Å². The van der Waals surface area contributed by atoms with Crippen LogP contribution in [0.3, 0.4) is 0 Å². The first-order chi connectivity index (χ1) is 11.0. The molecule has 1 aromatic rings. The molecular weight excluding hydrogens is 290 g/mol. The first kappa shape index (κ1) is 13.9. The normalized spacial score (nSPS) is 41.2. The number of benzene rings is 1. The predicted molar refractivity (Wildman–Crippen MR) is 86.8 cm³/mol. The topological polar surface area (TPSA) is 38.7 Å². The first-order valence-electron chi connectivity index (χ1n) is 8.55. The number of rotatable bonds is 1. The molecule has 0 saturated carbocycles. The zero-order valence-corrected chi connectivity index (χ0v) is 14.0. The Hall–Kier alpha value is -1.52. The van der Waals surface area contributed by atoms with Crippen LogP contribution in [-0.2, 0) is 11.8 Å². The fraction of sp³-hybridized carbons (Fsp3) is 0.579. The lowest BCUT2D eigenvalue weighted by Gasteiger charge is -2.58. The molecule has 4 nitrogen and oxygen atoms in total. The molecule has 2 heterocycles. The maximum atomic E-state index is 10.6. The van der Waals surface area contributed by atoms with Crippen molar-refractivity contribution in [1.82, 2.24) is 0 Å². The van der Waals surface area contributed by atoms with Crippen LogP contribution in [0.1, 0.15) is 17.5 Å². The predicted octanol–water partition coefficient (Wildman–Crippen LogP) is 1.65. The zero-order valence-electron chi connectivity index (χ0n) is 14.0. The molecule has 1 aromatic carbocycles. The Kier molecular flexibility index (Phi) is 2.48. The standard InChI is InChI=1S/C19H24NO3/c1-20(2)9-8-19-12-5-6-14(21)18(19)23-17-15(22-3)7-4-11(16(17)19)10-13(12)20/h4-7,12-14,18,21H,8-10H2,1-3H3/q+1/t12-,13+,14-,18-,19-/m0/s1. The van der Waals surface area contributed by atoms with Gasteiger partial charge in [-0.15, -0.1) is 0 Å². The van der Waals surface area contributed by atoms with Gasteiger partial charge in [0.05, 0.1) is 33.2 Å². The number of methoxy groups -OCH3 is 1. The summed E-state index contributed by atoms with van der Waals surface area (Å²) < 4.78 is 12.9. The van der Waals surface area contributed by atoms with Gasteiger partial charge in [0, 0.05) is 24.3 Å². The van der Waals surface area contributed by atoms with E-state index in [4.69, 9.17) is 9.47 Å². The number of hydrogen-bond acceptors (Lipinski definition) is 3. The minimum atomic E-state index is -0.538. The second-order valence-electron chi connectivity index (χ2n) is 8.13. The van der Waals surface area contributed by atoms with Gasteiger partial charge >= 0.3 is 0 Å². The van der Waals surface area contributed by atoms with Crippen LogP contribution in [0.15, 0.2) is 24.3 Å². The summed E-state index contributed by atoms with van der Waals surface area (Å²) in [4.78, 5) is 0. The van der Waals surface area contributed by atoms with E-state index in [1.54, 1.807) is 7.11 Å². The average molecular weight is 314 g/mol. The van der Waals surface area contributed by atoms with Crippen molar-refractivity contribution in [2.75, 3.05) is 27.7 Å². The molecule has 1 spiro atoms. The monoisotopic (exact) mass is 314 g/mol. The molecule has 0 aromatic heterocycles. The van der Waals surface area contributed by atoms with Gasteiger partial charge < -0.3 is 19.1 Å². The summed E-state index contributed by atoms with van der Waals surface area (Å²) in [6.07, 6.45) is 5.64. The number of likely N-dealkylation sites (N-methyl/N-ethyl adjacent to an activating group) is 1. The minimum Gasteiger partial charge on any atom is -0.493 e. The Labute approximate surface area is 136 Å². The Balaban J connectivity index is 1.82. The van der Waals surface area contributed by atoms with E-state index in [0.29, 0.717) is 12.0 Å². The van der Waals surface area contributed by atoms with Crippen molar-refractivity contribution in [1.29, 1.82) is 0 Å². The van der Waals surface area contributed by atoms with E-state index in [1.807, 2.05) is 12.1 Å². The van der Waals surface area contributed by atoms with Crippen molar-refractivity contribution in [3.05, 3.63) is 35.4 Å². The van der Waals surface area contributed by atoms with Gasteiger partial charge in [0.15, 0.2) is 11.5 Å². The molecule has 0 unspecified atom stereocenters. The third-order valence-corrected chi connectivity index (χ3v) is 6.91. The molecular formula is C19H24NO3+. The maximum Gasteiger partial charge on any atom is 0.165 e. The van der Waals surface area contributed by atoms with E-state index in [-0.39, 0.29) is 11.5 Å². The van der Waals surface area contributed by atoms with Gasteiger partial charge in [-0.3, -0.25) is 0 Å². The van der Waals surface area contributed by atoms with Crippen molar-refractivity contribution in [2.45, 2.75) is 36.5 Å². The molecule has 1 saturated heterocycles. The number of ether oxygens (including phenoxy) is 2. The van der Waals surface area contributed by atoms with Crippen LogP contribution in [0, 0.1) is 5.92 Å². The number of aliphatic hydroxyl groups excluding tert-OH is 1. The zero-order chi connectivity index (χ0) is 16.0. The summed E-state index contributed by atoms with van der Waals surface area (Å²) in [7, 11) is 6.38. The lowest BCUT2D eigenvalue weighted by Crippen LogP contribution is -2.70. The van der Waals surface area contributed by atoms with Gasteiger partial charge in [-0.25, -0.2) is 0 Å². The number of quaternary nitrogens is 1. The van der Waals surface area contributed by atoms with Gasteiger partial charge in [-0.05, 0) is 11.6 Å². The molecule has 122 valence electrons. The Morgan fingerprint density at radius 3 is 2.91 bits per heavy atom. The highest BCUT2D eigenvalue weighted by molar-refractivity contribution is 5.61. The summed E-state index contributed by atoms with van der Waals surface area (Å²) in [5.41, 5.74) is 2.63. The highest BCUT2D eigenvalue weighted by Crippen LogP contribution is 2.63. The van der Waals surface area contributed by atoms with Gasteiger partial charge in [0.25, 0.3) is 0 Å². The number of likely N-dealkylation sites (tertiary alicyclic amines) is 1. The third-order valence-electron chi connectivity index (χ3n) is 6.91. The largest absolute Gasteiger partial charge is 0.493 e. The molecule has 4 aliphatic rings. The van der Waals surface area contributed by atoms with E-state index in [1.165, 1.54) is 11.1 Å². The van der Waals surface area contributed by atoms with Crippen LogP contribution in [0.25, 0.3) is 0 Å². The molecule has 1 fully saturated rings. The fourth-order valence-electron chi connectivity index (χ4n) is 5.75. The van der Waals surface area contributed by atoms with Crippen molar-refractivity contribution >= 4 is 0 Å². The van der Waals surface area contributed by atoms with Crippen LogP contribution in [-0.4, -0.2) is 55.6 Å². The van der Waals surface area contributed by atoms with Crippen molar-refractivity contribution in [2.24, 2.45) is 5.92 Å². The van der Waals surface area contributed by atoms with Crippen LogP contribution in [0.4, 0.5) is 0 Å². The van der Waals surface area contributed by atoms with Crippen molar-refractivity contribution < 1.29 is 19.1 Å². The number of nitrogens with zero attached hydrogens (tertiary/aromatic N) is 1. The summed E-state index contributed by atoms with van der Waals surface area (Å²) in [5.74, 6) is 2.12. The summed E-state index contributed by atoms with van der Waals surface area (Å²) in [5, 5.41) is 10.6. The average Bonchev–Trinajstić information content (AvgIpc) is 2.88. The molecule has 0 radical (unpaired) electrons. The second kappa shape index (κ2) is 4.11. The summed E-state index contributed by atoms with van der Waals surface area (Å²) in [6, 6.07) is 4.79. The number of piperidine rings is 1. The molecule has 2 aliphatic heterocycles. The van der Waals surface area contributed by atoms with E-state index in [0.717, 1.165) is 35.4 Å². The molecule has 5 rings (SSSR count). The van der Waals surface area contributed by atoms with Crippen LogP contribution in [0.2, 0.25) is 0 Å². The molecule has 2 bridgehead atoms. The molecule has 23 heavy (non-hydrogen) atoms. The first-order valence-corrected chi connectivity index (χ1v) is 8.55. The fourth-order valence-corrected chi connectivity index (χ4v) is 5.75. The Morgan fingerprint density at radius 2 is 2.13 bits per heavy atom. The highest BCUT2D eigenvalue weighted by atomic mass is 16.5. The van der Waals surface area contributed by atoms with Crippen LogP contribution < -0.4 is 9.47 Å². The Bertz CT molecular complexity index is 726. The van der Waals surface area contributed by atoms with Crippen LogP contribution in [0.5, 0.6) is 11.5 Å². The van der Waals surface area contributed by atoms with E-state index in [2.05, 4.69) is 26.2 Å². The third kappa shape index (κ3) is 1.45. The van der Waals surface area contributed by atoms with E-state index in [9.17, 15) is 5.11 Å². The quantitative estimate of drug-likeness (QED) is 0.633. The smallest absolute Gasteiger partial charge is 0.165 e. The molecule has 5 atom stereocenters. The van der Waals surface area contributed by atoms with Crippen LogP contribution >= 0.6 is 0 Å². The minimum absolute atomic E-state index is 0.0793. The van der Waals surface area contributed by atoms with E-state index >= 15 is 0 Å².